The summed E-state index contributed by atoms with van der Waals surface area (Å²) < 4.78 is 6.72. The molecular weight excluding hydrogens is 239 g/mol. The lowest BCUT2D eigenvalue weighted by Crippen LogP contribution is -2.11. The molecule has 2 aliphatic rings. The van der Waals surface area contributed by atoms with E-state index in [9.17, 15) is 0 Å². The monoisotopic (exact) mass is 248 g/mol. The Morgan fingerprint density at radius 2 is 2.60 bits per heavy atom. The molecule has 0 aromatic rings. The highest BCUT2D eigenvalue weighted by Gasteiger charge is 2.17. The van der Waals surface area contributed by atoms with E-state index in [1.807, 2.05) is 0 Å². The van der Waals surface area contributed by atoms with Gasteiger partial charge in [-0.15, -0.1) is 0 Å². The second-order valence-corrected chi connectivity index (χ2v) is 4.24. The van der Waals surface area contributed by atoms with Gasteiger partial charge in [-0.1, -0.05) is 0 Å². The fraction of sp³-hybridized carbons (Fsp3) is 0.429. The highest BCUT2D eigenvalue weighted by atomic mass is 127. The highest BCUT2D eigenvalue weighted by Crippen LogP contribution is 2.30. The molecule has 0 aromatic heterocycles. The number of likely N-dealkylation sites (N-methyl/N-ethyl adjacent to an activating group) is 1. The molecule has 10 heavy (non-hydrogen) atoms. The number of rotatable bonds is 0. The number of hydrogen-bond donors (Lipinski definition) is 0. The first-order chi connectivity index (χ1) is 4.88. The summed E-state index contributed by atoms with van der Waals surface area (Å²) in [5, 5.41) is 0. The van der Waals surface area contributed by atoms with Gasteiger partial charge in [0.15, 0.2) is 0 Å². The van der Waals surface area contributed by atoms with Gasteiger partial charge in [-0.2, -0.15) is 0 Å². The van der Waals surface area contributed by atoms with Gasteiger partial charge >= 0.3 is 0 Å². The van der Waals surface area contributed by atoms with E-state index in [4.69, 9.17) is 0 Å². The molecule has 0 unspecified atom stereocenters. The maximum atomic E-state index is 4.50. The molecule has 0 spiro atoms. The largest absolute Gasteiger partial charge is 0.373 e. The third-order valence-electron chi connectivity index (χ3n) is 1.82. The van der Waals surface area contributed by atoms with Crippen molar-refractivity contribution in [2.24, 2.45) is 3.15 Å². The van der Waals surface area contributed by atoms with Crippen LogP contribution in [0, 0.1) is 0 Å². The van der Waals surface area contributed by atoms with Gasteiger partial charge in [0.2, 0.25) is 0 Å². The molecule has 0 fully saturated rings. The second kappa shape index (κ2) is 2.45. The maximum Gasteiger partial charge on any atom is 0.0715 e. The Kier molecular flexibility index (Phi) is 1.60. The van der Waals surface area contributed by atoms with Crippen LogP contribution < -0.4 is 0 Å². The van der Waals surface area contributed by atoms with Gasteiger partial charge in [0, 0.05) is 41.0 Å². The zero-order chi connectivity index (χ0) is 6.97. The molecule has 2 heterocycles. The van der Waals surface area contributed by atoms with E-state index < -0.39 is 0 Å². The van der Waals surface area contributed by atoms with Crippen LogP contribution >= 0.6 is 21.0 Å². The zero-order valence-corrected chi connectivity index (χ0v) is 8.00. The SMILES string of the molecule is CN1CCC2=C1C=CI=N2. The van der Waals surface area contributed by atoms with E-state index in [-0.39, 0.29) is 21.0 Å². The first-order valence-corrected chi connectivity index (χ1v) is 5.53. The molecule has 0 amide bonds. The van der Waals surface area contributed by atoms with Gasteiger partial charge in [-0.05, 0) is 10.2 Å². The molecule has 0 aromatic carbocycles. The van der Waals surface area contributed by atoms with E-state index in [0.717, 1.165) is 13.0 Å². The molecule has 3 heteroatoms. The van der Waals surface area contributed by atoms with E-state index in [1.54, 1.807) is 0 Å². The van der Waals surface area contributed by atoms with Crippen LogP contribution in [0.3, 0.4) is 0 Å². The van der Waals surface area contributed by atoms with Crippen LogP contribution in [0.2, 0.25) is 0 Å². The second-order valence-electron chi connectivity index (χ2n) is 2.48. The third kappa shape index (κ3) is 0.923. The van der Waals surface area contributed by atoms with Gasteiger partial charge in [0.25, 0.3) is 0 Å². The van der Waals surface area contributed by atoms with Crippen LogP contribution in [0.5, 0.6) is 0 Å². The standard InChI is InChI=1S/C7H9IN2/c1-10-5-3-6-7(10)2-4-8-9-6/h2,4H,3,5H2,1H3. The summed E-state index contributed by atoms with van der Waals surface area (Å²) in [6, 6.07) is 0. The van der Waals surface area contributed by atoms with Crippen LogP contribution in [0.1, 0.15) is 6.42 Å². The summed E-state index contributed by atoms with van der Waals surface area (Å²) in [6.45, 7) is 1.16. The number of allylic oxidation sites excluding steroid dienone is 1. The molecule has 0 atom stereocenters. The number of hydrogen-bond acceptors (Lipinski definition) is 2. The summed E-state index contributed by atoms with van der Waals surface area (Å²) in [4.78, 5) is 2.28. The average molecular weight is 248 g/mol. The molecule has 0 saturated carbocycles. The Hall–Kier alpha value is -0.190. The number of nitrogens with zero attached hydrogens (tertiary/aromatic N) is 2. The summed E-state index contributed by atoms with van der Waals surface area (Å²) in [7, 11) is 2.13. The minimum atomic E-state index is 0.0214. The lowest BCUT2D eigenvalue weighted by atomic mass is 10.3. The fourth-order valence-electron chi connectivity index (χ4n) is 1.23. The smallest absolute Gasteiger partial charge is 0.0715 e. The third-order valence-corrected chi connectivity index (χ3v) is 3.36. The first kappa shape index (κ1) is 6.52. The summed E-state index contributed by atoms with van der Waals surface area (Å²) >= 11 is 0.0214. The molecular formula is C7H9IN2. The minimum absolute atomic E-state index is 0.0214. The van der Waals surface area contributed by atoms with Crippen molar-refractivity contribution in [1.29, 1.82) is 0 Å². The highest BCUT2D eigenvalue weighted by molar-refractivity contribution is 14.2. The Morgan fingerprint density at radius 1 is 1.70 bits per heavy atom. The molecule has 2 rings (SSSR count). The van der Waals surface area contributed by atoms with E-state index in [0.29, 0.717) is 0 Å². The minimum Gasteiger partial charge on any atom is -0.373 e. The van der Waals surface area contributed by atoms with Gasteiger partial charge in [0.05, 0.1) is 11.4 Å². The molecule has 2 nitrogen and oxygen atoms in total. The maximum absolute atomic E-state index is 4.50. The molecule has 0 bridgehead atoms. The average Bonchev–Trinajstić information content (AvgIpc) is 2.34. The van der Waals surface area contributed by atoms with Crippen LogP contribution in [0.15, 0.2) is 24.7 Å². The van der Waals surface area contributed by atoms with Gasteiger partial charge in [-0.3, -0.25) is 0 Å². The van der Waals surface area contributed by atoms with Gasteiger partial charge in [-0.25, -0.2) is 3.15 Å². The Morgan fingerprint density at radius 3 is 3.40 bits per heavy atom. The van der Waals surface area contributed by atoms with E-state index in [1.165, 1.54) is 11.4 Å². The Labute approximate surface area is 70.8 Å². The molecule has 54 valence electrons. The van der Waals surface area contributed by atoms with Crippen LogP contribution in [0.25, 0.3) is 0 Å². The van der Waals surface area contributed by atoms with Crippen molar-refractivity contribution in [3.63, 3.8) is 0 Å². The van der Waals surface area contributed by atoms with Crippen molar-refractivity contribution < 1.29 is 0 Å². The van der Waals surface area contributed by atoms with E-state index >= 15 is 0 Å². The summed E-state index contributed by atoms with van der Waals surface area (Å²) in [5.41, 5.74) is 2.70. The number of halogens is 1. The van der Waals surface area contributed by atoms with Crippen LogP contribution in [0.4, 0.5) is 0 Å². The molecule has 0 aliphatic carbocycles. The molecule has 2 aliphatic heterocycles. The zero-order valence-electron chi connectivity index (χ0n) is 5.84. The van der Waals surface area contributed by atoms with E-state index in [2.05, 4.69) is 25.3 Å². The first-order valence-electron chi connectivity index (χ1n) is 3.32. The summed E-state index contributed by atoms with van der Waals surface area (Å²) in [6.07, 6.45) is 3.39. The van der Waals surface area contributed by atoms with Crippen LogP contribution in [-0.2, 0) is 0 Å². The fourth-order valence-corrected chi connectivity index (χ4v) is 2.71. The van der Waals surface area contributed by atoms with Crippen molar-refractivity contribution in [1.82, 2.24) is 4.90 Å². The van der Waals surface area contributed by atoms with Crippen molar-refractivity contribution in [3.8, 4) is 0 Å². The van der Waals surface area contributed by atoms with Gasteiger partial charge in [0.1, 0.15) is 0 Å². The predicted molar refractivity (Wildman–Crippen MR) is 49.9 cm³/mol. The van der Waals surface area contributed by atoms with Crippen molar-refractivity contribution >= 4 is 21.0 Å². The molecule has 0 N–H and O–H groups in total. The Bertz CT molecular complexity index is 240. The molecule has 0 radical (unpaired) electrons. The lowest BCUT2D eigenvalue weighted by Gasteiger charge is -2.12. The summed E-state index contributed by atoms with van der Waals surface area (Å²) in [5.74, 6) is 0. The van der Waals surface area contributed by atoms with Crippen molar-refractivity contribution in [2.75, 3.05) is 13.6 Å². The van der Waals surface area contributed by atoms with Gasteiger partial charge < -0.3 is 4.90 Å². The molecule has 0 saturated heterocycles. The topological polar surface area (TPSA) is 15.6 Å². The lowest BCUT2D eigenvalue weighted by molar-refractivity contribution is 0.472. The normalized spacial score (nSPS) is 23.1. The van der Waals surface area contributed by atoms with Crippen molar-refractivity contribution in [2.45, 2.75) is 6.42 Å². The van der Waals surface area contributed by atoms with Crippen LogP contribution in [-0.4, -0.2) is 18.5 Å². The quantitative estimate of drug-likeness (QED) is 0.600. The van der Waals surface area contributed by atoms with Crippen molar-refractivity contribution in [3.05, 3.63) is 21.6 Å². The predicted octanol–water partition coefficient (Wildman–Crippen LogP) is 2.22. The Balaban J connectivity index is 2.40.